The molecule has 0 saturated heterocycles. The zero-order valence-electron chi connectivity index (χ0n) is 12.2. The number of aromatic nitrogens is 2. The maximum Gasteiger partial charge on any atom is 0.726 e. The fourth-order valence-electron chi connectivity index (χ4n) is 3.66. The van der Waals surface area contributed by atoms with Crippen LogP contribution in [0.3, 0.4) is 0 Å². The van der Waals surface area contributed by atoms with E-state index >= 15 is 0 Å². The average Bonchev–Trinajstić information content (AvgIpc) is 2.83. The quantitative estimate of drug-likeness (QED) is 0.430. The van der Waals surface area contributed by atoms with Crippen molar-refractivity contribution in [2.75, 3.05) is 0 Å². The van der Waals surface area contributed by atoms with Crippen molar-refractivity contribution >= 4 is 50.0 Å². The molecular formula is C18H12BCl2N2+. The van der Waals surface area contributed by atoms with Gasteiger partial charge in [-0.2, -0.15) is 22.9 Å². The molecule has 0 spiro atoms. The molecule has 110 valence electrons. The first-order chi connectivity index (χ1) is 11.2. The lowest BCUT2D eigenvalue weighted by Gasteiger charge is -2.13. The van der Waals surface area contributed by atoms with Crippen molar-refractivity contribution in [3.63, 3.8) is 0 Å². The van der Waals surface area contributed by atoms with E-state index in [1.165, 1.54) is 0 Å². The van der Waals surface area contributed by atoms with Gasteiger partial charge in [0.05, 0.1) is 0 Å². The molecule has 4 aromatic rings. The van der Waals surface area contributed by atoms with Crippen molar-refractivity contribution in [2.24, 2.45) is 0 Å². The van der Waals surface area contributed by atoms with Gasteiger partial charge in [0.1, 0.15) is 0 Å². The lowest BCUT2D eigenvalue weighted by atomic mass is 10.0. The summed E-state index contributed by atoms with van der Waals surface area (Å²) < 4.78 is 4.11. The highest BCUT2D eigenvalue weighted by Crippen LogP contribution is 2.29. The molecule has 0 bridgehead atoms. The van der Waals surface area contributed by atoms with Crippen LogP contribution in [0.1, 0.15) is 0 Å². The average molecular weight is 338 g/mol. The van der Waals surface area contributed by atoms with Gasteiger partial charge in [-0.1, -0.05) is 24.3 Å². The second-order valence-corrected chi connectivity index (χ2v) is 7.32. The highest BCUT2D eigenvalue weighted by Gasteiger charge is 2.57. The fraction of sp³-hybridized carbons (Fsp3) is 0. The maximum atomic E-state index is 6.94. The number of hydrogen-bond acceptors (Lipinski definition) is 0. The van der Waals surface area contributed by atoms with Gasteiger partial charge < -0.3 is 8.96 Å². The van der Waals surface area contributed by atoms with Crippen molar-refractivity contribution in [2.45, 2.75) is 0 Å². The van der Waals surface area contributed by atoms with E-state index in [0.29, 0.717) is 0 Å². The second kappa shape index (κ2) is 4.47. The lowest BCUT2D eigenvalue weighted by molar-refractivity contribution is -0.600. The third-order valence-corrected chi connectivity index (χ3v) is 5.42. The van der Waals surface area contributed by atoms with Gasteiger partial charge in [0.15, 0.2) is 11.0 Å². The Morgan fingerprint density at radius 1 is 0.565 bits per heavy atom. The van der Waals surface area contributed by atoms with E-state index < -0.39 is 5.25 Å². The number of fused-ring (bicyclic) bond motifs is 7. The highest BCUT2D eigenvalue weighted by molar-refractivity contribution is 7.37. The van der Waals surface area contributed by atoms with Crippen molar-refractivity contribution in [3.05, 3.63) is 72.8 Å². The molecule has 0 radical (unpaired) electrons. The van der Waals surface area contributed by atoms with Crippen LogP contribution < -0.4 is 8.96 Å². The summed E-state index contributed by atoms with van der Waals surface area (Å²) in [4.78, 5) is 0. The summed E-state index contributed by atoms with van der Waals surface area (Å²) >= 11 is 13.9. The first-order valence-corrected chi connectivity index (χ1v) is 8.45. The molecular weight excluding hydrogens is 326 g/mol. The van der Waals surface area contributed by atoms with Crippen molar-refractivity contribution < 1.29 is 8.96 Å². The standard InChI is InChI=1S/C18H12BCl2N2/c20-19(21)22-15-7-3-1-5-13(15)9-11-17(22)18-12-10-14-6-2-4-8-16(14)23(18)19/h1-12H/q+1. The molecule has 1 aliphatic rings. The van der Waals surface area contributed by atoms with E-state index in [9.17, 15) is 0 Å². The minimum atomic E-state index is -1.98. The molecule has 0 aliphatic carbocycles. The van der Waals surface area contributed by atoms with E-state index in [1.54, 1.807) is 0 Å². The molecule has 23 heavy (non-hydrogen) atoms. The predicted molar refractivity (Wildman–Crippen MR) is 95.5 cm³/mol. The Morgan fingerprint density at radius 3 is 1.48 bits per heavy atom. The topological polar surface area (TPSA) is 7.76 Å². The molecule has 1 aliphatic heterocycles. The molecule has 5 rings (SSSR count). The summed E-state index contributed by atoms with van der Waals surface area (Å²) in [6, 6.07) is 24.8. The van der Waals surface area contributed by atoms with Gasteiger partial charge in [-0.25, -0.2) is 0 Å². The van der Waals surface area contributed by atoms with Crippen LogP contribution in [0.15, 0.2) is 72.8 Å². The Hall–Kier alpha value is -2.10. The molecule has 0 amide bonds. The van der Waals surface area contributed by atoms with Gasteiger partial charge in [0, 0.05) is 35.0 Å². The Morgan fingerprint density at radius 2 is 1.00 bits per heavy atom. The van der Waals surface area contributed by atoms with Crippen LogP contribution in [0, 0.1) is 0 Å². The number of hydrogen-bond donors (Lipinski definition) is 0. The molecule has 3 heterocycles. The van der Waals surface area contributed by atoms with Gasteiger partial charge in [-0.3, -0.25) is 0 Å². The summed E-state index contributed by atoms with van der Waals surface area (Å²) in [5.74, 6) is 0. The first kappa shape index (κ1) is 13.4. The van der Waals surface area contributed by atoms with Crippen LogP contribution in [-0.4, -0.2) is 5.25 Å². The molecule has 5 heteroatoms. The summed E-state index contributed by atoms with van der Waals surface area (Å²) in [5, 5.41) is 0.272. The van der Waals surface area contributed by atoms with Gasteiger partial charge in [-0.15, -0.1) is 0 Å². The molecule has 0 N–H and O–H groups in total. The predicted octanol–water partition coefficient (Wildman–Crippen LogP) is 3.86. The summed E-state index contributed by atoms with van der Waals surface area (Å²) in [5.41, 5.74) is 4.17. The van der Waals surface area contributed by atoms with Gasteiger partial charge in [0.2, 0.25) is 11.4 Å². The number of pyridine rings is 2. The van der Waals surface area contributed by atoms with Crippen LogP contribution in [0.4, 0.5) is 0 Å². The van der Waals surface area contributed by atoms with E-state index in [1.807, 2.05) is 24.3 Å². The number of rotatable bonds is 0. The van der Waals surface area contributed by atoms with Crippen LogP contribution in [-0.2, 0) is 0 Å². The normalized spacial score (nSPS) is 14.9. The summed E-state index contributed by atoms with van der Waals surface area (Å²) in [6.45, 7) is 0. The summed E-state index contributed by atoms with van der Waals surface area (Å²) in [6.07, 6.45) is 0. The summed E-state index contributed by atoms with van der Waals surface area (Å²) in [7, 11) is 0. The molecule has 2 nitrogen and oxygen atoms in total. The maximum absolute atomic E-state index is 6.94. The Kier molecular flexibility index (Phi) is 2.59. The Labute approximate surface area is 143 Å². The molecule has 0 fully saturated rings. The smallest absolute Gasteiger partial charge is 0.310 e. The second-order valence-electron chi connectivity index (χ2n) is 5.88. The van der Waals surface area contributed by atoms with Crippen molar-refractivity contribution in [1.82, 2.24) is 0 Å². The van der Waals surface area contributed by atoms with Gasteiger partial charge in [-0.05, 0) is 24.3 Å². The number of benzene rings is 2. The van der Waals surface area contributed by atoms with E-state index in [0.717, 1.165) is 33.2 Å². The van der Waals surface area contributed by atoms with Gasteiger partial charge >= 0.3 is 5.25 Å². The van der Waals surface area contributed by atoms with E-state index in [2.05, 4.69) is 57.5 Å². The number of halogens is 2. The zero-order valence-corrected chi connectivity index (χ0v) is 13.7. The largest absolute Gasteiger partial charge is 0.726 e. The molecule has 0 atom stereocenters. The van der Waals surface area contributed by atoms with E-state index in [-0.39, 0.29) is 0 Å². The molecule has 0 unspecified atom stereocenters. The number of para-hydroxylation sites is 2. The SMILES string of the molecule is Cl[B-]1(Cl)[n+]2c(ccc3ccccc32)-c2ccc3ccccc3[n+]21. The minimum absolute atomic E-state index is 1.04. The third kappa shape index (κ3) is 1.67. The number of nitrogens with zero attached hydrogens (tertiary/aromatic N) is 2. The van der Waals surface area contributed by atoms with Crippen LogP contribution in [0.25, 0.3) is 33.2 Å². The first-order valence-electron chi connectivity index (χ1n) is 7.57. The van der Waals surface area contributed by atoms with E-state index in [4.69, 9.17) is 22.9 Å². The third-order valence-electron chi connectivity index (χ3n) is 4.64. The zero-order chi connectivity index (χ0) is 15.6. The van der Waals surface area contributed by atoms with Crippen molar-refractivity contribution in [3.8, 4) is 11.4 Å². The molecule has 0 saturated carbocycles. The minimum Gasteiger partial charge on any atom is -0.310 e. The molecule has 2 aromatic heterocycles. The van der Waals surface area contributed by atoms with Gasteiger partial charge in [0.25, 0.3) is 0 Å². The molecule has 2 aromatic carbocycles. The highest BCUT2D eigenvalue weighted by atomic mass is 35.5. The van der Waals surface area contributed by atoms with Crippen LogP contribution in [0.2, 0.25) is 0 Å². The van der Waals surface area contributed by atoms with Crippen LogP contribution in [0.5, 0.6) is 0 Å². The van der Waals surface area contributed by atoms with Crippen molar-refractivity contribution in [1.29, 1.82) is 0 Å². The monoisotopic (exact) mass is 337 g/mol. The fourth-order valence-corrected chi connectivity index (χ4v) is 4.50. The Bertz CT molecular complexity index is 1020. The van der Waals surface area contributed by atoms with Crippen LogP contribution >= 0.6 is 22.9 Å². The lowest BCUT2D eigenvalue weighted by Crippen LogP contribution is -2.71. The Balaban J connectivity index is 1.99.